The van der Waals surface area contributed by atoms with Crippen LogP contribution in [-0.4, -0.2) is 15.0 Å². The quantitative estimate of drug-likeness (QED) is 0.155. The molecule has 0 radical (unpaired) electrons. The van der Waals surface area contributed by atoms with Crippen LogP contribution in [0.25, 0.3) is 56.2 Å². The Hall–Kier alpha value is -6.71. The third-order valence-corrected chi connectivity index (χ3v) is 8.84. The maximum atomic E-state index is 4.93. The number of rotatable bonds is 8. The van der Waals surface area contributed by atoms with Gasteiger partial charge in [0.1, 0.15) is 0 Å². The normalized spacial score (nSPS) is 10.8. The zero-order chi connectivity index (χ0) is 33.5. The summed E-state index contributed by atoms with van der Waals surface area (Å²) in [5.74, 6) is 0. The summed E-state index contributed by atoms with van der Waals surface area (Å²) in [6.07, 6.45) is 3.60. The van der Waals surface area contributed by atoms with Crippen LogP contribution in [0.5, 0.6) is 0 Å². The Morgan fingerprint density at radius 1 is 0.280 bits per heavy atom. The monoisotopic (exact) mass is 639 g/mol. The molecule has 0 aliphatic rings. The van der Waals surface area contributed by atoms with Gasteiger partial charge in [0.05, 0.1) is 22.8 Å². The van der Waals surface area contributed by atoms with E-state index in [4.69, 9.17) is 4.98 Å². The maximum absolute atomic E-state index is 4.93. The minimum atomic E-state index is 0.816. The van der Waals surface area contributed by atoms with Gasteiger partial charge >= 0.3 is 0 Å². The summed E-state index contributed by atoms with van der Waals surface area (Å²) in [4.78, 5) is 14.1. The van der Waals surface area contributed by atoms with Gasteiger partial charge in [-0.15, -0.1) is 0 Å². The Labute approximate surface area is 293 Å². The summed E-state index contributed by atoms with van der Waals surface area (Å²) in [5, 5.41) is 0. The Balaban J connectivity index is 1.17. The topological polar surface area (TPSA) is 38.7 Å². The molecular weight excluding hydrogens is 607 g/mol. The highest BCUT2D eigenvalue weighted by atomic mass is 14.8. The van der Waals surface area contributed by atoms with Crippen molar-refractivity contribution in [3.05, 3.63) is 223 Å². The van der Waals surface area contributed by atoms with Gasteiger partial charge in [0.2, 0.25) is 0 Å². The van der Waals surface area contributed by atoms with E-state index in [1.807, 2.05) is 36.4 Å². The van der Waals surface area contributed by atoms with Crippen molar-refractivity contribution < 1.29 is 0 Å². The highest BCUT2D eigenvalue weighted by Gasteiger charge is 2.16. The van der Waals surface area contributed by atoms with E-state index in [-0.39, 0.29) is 0 Å². The fourth-order valence-electron chi connectivity index (χ4n) is 6.40. The lowest BCUT2D eigenvalue weighted by atomic mass is 9.85. The molecule has 0 aliphatic heterocycles. The van der Waals surface area contributed by atoms with E-state index in [0.717, 1.165) is 45.0 Å². The summed E-state index contributed by atoms with van der Waals surface area (Å²) in [6, 6.07) is 65.8. The third kappa shape index (κ3) is 6.53. The van der Waals surface area contributed by atoms with Crippen molar-refractivity contribution in [2.45, 2.75) is 0 Å². The van der Waals surface area contributed by atoms with Crippen molar-refractivity contribution in [1.82, 2.24) is 15.0 Å². The van der Waals surface area contributed by atoms with E-state index in [1.165, 1.54) is 33.4 Å². The lowest BCUT2D eigenvalue weighted by Gasteiger charge is -2.18. The molecular formula is C47H33N3. The molecule has 0 aliphatic carbocycles. The van der Waals surface area contributed by atoms with Crippen molar-refractivity contribution in [1.29, 1.82) is 0 Å². The van der Waals surface area contributed by atoms with Crippen LogP contribution in [0, 0.1) is 0 Å². The van der Waals surface area contributed by atoms with Crippen molar-refractivity contribution in [2.75, 3.05) is 0 Å². The van der Waals surface area contributed by atoms with Gasteiger partial charge in [0, 0.05) is 12.4 Å². The van der Waals surface area contributed by atoms with E-state index in [0.29, 0.717) is 0 Å². The molecule has 3 aromatic heterocycles. The molecule has 0 atom stereocenters. The van der Waals surface area contributed by atoms with Gasteiger partial charge in [-0.25, -0.2) is 4.98 Å². The van der Waals surface area contributed by atoms with Crippen LogP contribution < -0.4 is 0 Å². The maximum Gasteiger partial charge on any atom is 0.0900 e. The lowest BCUT2D eigenvalue weighted by molar-refractivity contribution is 1.22. The first-order valence-corrected chi connectivity index (χ1v) is 16.8. The molecule has 0 amide bonds. The van der Waals surface area contributed by atoms with E-state index in [1.54, 1.807) is 12.4 Å². The molecule has 0 bridgehead atoms. The van der Waals surface area contributed by atoms with E-state index < -0.39 is 0 Å². The first-order chi connectivity index (χ1) is 24.8. The zero-order valence-electron chi connectivity index (χ0n) is 27.4. The highest BCUT2D eigenvalue weighted by Crippen LogP contribution is 2.38. The summed E-state index contributed by atoms with van der Waals surface area (Å²) in [5.41, 5.74) is 14.9. The molecule has 0 N–H and O–H groups in total. The molecule has 0 spiro atoms. The molecule has 5 aromatic carbocycles. The van der Waals surface area contributed by atoms with Crippen LogP contribution in [0.3, 0.4) is 0 Å². The van der Waals surface area contributed by atoms with Gasteiger partial charge in [-0.05, 0) is 92.1 Å². The molecule has 8 aromatic rings. The number of pyridine rings is 3. The largest absolute Gasteiger partial charge is 0.255 e. The molecule has 0 saturated heterocycles. The van der Waals surface area contributed by atoms with Crippen LogP contribution in [0.4, 0.5) is 0 Å². The smallest absolute Gasteiger partial charge is 0.0900 e. The van der Waals surface area contributed by atoms with Gasteiger partial charge in [0.15, 0.2) is 0 Å². The minimum Gasteiger partial charge on any atom is -0.255 e. The standard InChI is InChI=1S/C47H33N3/c1-4-14-37(15-5-1)46(38-16-6-2-7-17-38)47(39-18-8-3-9-19-39)40-28-26-35(27-29-40)34-22-24-36(25-23-34)41-32-44(42-20-10-12-30-48-42)50-45(33-41)43-21-11-13-31-49-43/h1-33H. The summed E-state index contributed by atoms with van der Waals surface area (Å²) in [7, 11) is 0. The van der Waals surface area contributed by atoms with Crippen LogP contribution in [0.1, 0.15) is 22.3 Å². The van der Waals surface area contributed by atoms with E-state index >= 15 is 0 Å². The molecule has 236 valence electrons. The number of hydrogen-bond donors (Lipinski definition) is 0. The molecule has 3 heterocycles. The van der Waals surface area contributed by atoms with Gasteiger partial charge in [-0.3, -0.25) is 9.97 Å². The summed E-state index contributed by atoms with van der Waals surface area (Å²) >= 11 is 0. The highest BCUT2D eigenvalue weighted by molar-refractivity contribution is 6.04. The zero-order valence-corrected chi connectivity index (χ0v) is 27.4. The number of benzene rings is 5. The van der Waals surface area contributed by atoms with Crippen LogP contribution in [-0.2, 0) is 0 Å². The molecule has 3 heteroatoms. The third-order valence-electron chi connectivity index (χ3n) is 8.84. The molecule has 0 fully saturated rings. The van der Waals surface area contributed by atoms with E-state index in [2.05, 4.69) is 162 Å². The van der Waals surface area contributed by atoms with Crippen LogP contribution in [0.2, 0.25) is 0 Å². The Morgan fingerprint density at radius 2 is 0.620 bits per heavy atom. The predicted octanol–water partition coefficient (Wildman–Crippen LogP) is 11.5. The van der Waals surface area contributed by atoms with Gasteiger partial charge in [-0.2, -0.15) is 0 Å². The molecule has 0 saturated carbocycles. The number of aromatic nitrogens is 3. The Bertz CT molecular complexity index is 2250. The predicted molar refractivity (Wildman–Crippen MR) is 206 cm³/mol. The molecule has 8 rings (SSSR count). The van der Waals surface area contributed by atoms with Crippen molar-refractivity contribution in [2.24, 2.45) is 0 Å². The van der Waals surface area contributed by atoms with Crippen molar-refractivity contribution >= 4 is 11.1 Å². The second-order valence-corrected chi connectivity index (χ2v) is 12.1. The molecule has 0 unspecified atom stereocenters. The van der Waals surface area contributed by atoms with Gasteiger partial charge < -0.3 is 0 Å². The first-order valence-electron chi connectivity index (χ1n) is 16.8. The van der Waals surface area contributed by atoms with Gasteiger partial charge in [0.25, 0.3) is 0 Å². The van der Waals surface area contributed by atoms with Gasteiger partial charge in [-0.1, -0.05) is 152 Å². The van der Waals surface area contributed by atoms with Crippen molar-refractivity contribution in [3.63, 3.8) is 0 Å². The van der Waals surface area contributed by atoms with Crippen molar-refractivity contribution in [3.8, 4) is 45.0 Å². The Kier molecular flexibility index (Phi) is 8.69. The first kappa shape index (κ1) is 30.6. The number of nitrogens with zero attached hydrogens (tertiary/aromatic N) is 3. The fraction of sp³-hybridized carbons (Fsp3) is 0. The second-order valence-electron chi connectivity index (χ2n) is 12.1. The SMILES string of the molecule is c1ccc(C(=C(c2ccccc2)c2ccc(-c3ccc(-c4cc(-c5ccccn5)nc(-c5ccccn5)c4)cc3)cc2)c2ccccc2)cc1. The lowest BCUT2D eigenvalue weighted by Crippen LogP contribution is -1.97. The average Bonchev–Trinajstić information content (AvgIpc) is 3.21. The molecule has 3 nitrogen and oxygen atoms in total. The summed E-state index contributed by atoms with van der Waals surface area (Å²) in [6.45, 7) is 0. The Morgan fingerprint density at radius 3 is 1.00 bits per heavy atom. The minimum absolute atomic E-state index is 0.816. The van der Waals surface area contributed by atoms with E-state index in [9.17, 15) is 0 Å². The molecule has 50 heavy (non-hydrogen) atoms. The average molecular weight is 640 g/mol. The number of hydrogen-bond acceptors (Lipinski definition) is 3. The van der Waals surface area contributed by atoms with Crippen LogP contribution in [0.15, 0.2) is 200 Å². The fourth-order valence-corrected chi connectivity index (χ4v) is 6.40. The van der Waals surface area contributed by atoms with Crippen LogP contribution >= 0.6 is 0 Å². The summed E-state index contributed by atoms with van der Waals surface area (Å²) < 4.78 is 0. The second kappa shape index (κ2) is 14.2.